The molecular formula is C16H19NO3. The number of nitrogens with one attached hydrogen (secondary N) is 1. The van der Waals surface area contributed by atoms with Gasteiger partial charge in [0.05, 0.1) is 24.3 Å². The Labute approximate surface area is 118 Å². The van der Waals surface area contributed by atoms with Crippen molar-refractivity contribution in [3.63, 3.8) is 0 Å². The minimum atomic E-state index is -1.19. The molecule has 0 spiro atoms. The molecule has 0 saturated carbocycles. The van der Waals surface area contributed by atoms with Crippen molar-refractivity contribution in [2.45, 2.75) is 31.9 Å². The average molecular weight is 273 g/mol. The molecule has 0 bridgehead atoms. The van der Waals surface area contributed by atoms with Gasteiger partial charge in [-0.2, -0.15) is 0 Å². The van der Waals surface area contributed by atoms with Gasteiger partial charge in [-0.1, -0.05) is 30.3 Å². The lowest BCUT2D eigenvalue weighted by atomic mass is 9.92. The average Bonchev–Trinajstić information content (AvgIpc) is 2.93. The molecule has 2 rings (SSSR count). The molecule has 1 heterocycles. The molecule has 0 aliphatic carbocycles. The zero-order valence-electron chi connectivity index (χ0n) is 11.7. The van der Waals surface area contributed by atoms with E-state index in [9.17, 15) is 9.90 Å². The SMILES string of the molecule is CC(NC(=O)CC(C)(O)c1ccccc1)c1ccco1. The van der Waals surface area contributed by atoms with Gasteiger partial charge in [-0.05, 0) is 31.5 Å². The Bertz CT molecular complexity index is 546. The highest BCUT2D eigenvalue weighted by Gasteiger charge is 2.27. The standard InChI is InChI=1S/C16H19NO3/c1-12(14-9-6-10-20-14)17-15(18)11-16(2,19)13-7-4-3-5-8-13/h3-10,12,19H,11H2,1-2H3,(H,17,18). The van der Waals surface area contributed by atoms with Gasteiger partial charge in [0.15, 0.2) is 0 Å². The van der Waals surface area contributed by atoms with Crippen LogP contribution in [0.5, 0.6) is 0 Å². The first-order valence-electron chi connectivity index (χ1n) is 6.60. The summed E-state index contributed by atoms with van der Waals surface area (Å²) >= 11 is 0. The summed E-state index contributed by atoms with van der Waals surface area (Å²) in [4.78, 5) is 12.0. The van der Waals surface area contributed by atoms with E-state index in [0.717, 1.165) is 5.56 Å². The van der Waals surface area contributed by atoms with Crippen LogP contribution in [0.25, 0.3) is 0 Å². The van der Waals surface area contributed by atoms with Gasteiger partial charge in [0.2, 0.25) is 5.91 Å². The second kappa shape index (κ2) is 5.92. The molecule has 4 nitrogen and oxygen atoms in total. The van der Waals surface area contributed by atoms with Crippen molar-refractivity contribution in [2.24, 2.45) is 0 Å². The van der Waals surface area contributed by atoms with Gasteiger partial charge in [0.1, 0.15) is 5.76 Å². The lowest BCUT2D eigenvalue weighted by molar-refractivity contribution is -0.126. The fourth-order valence-corrected chi connectivity index (χ4v) is 2.11. The summed E-state index contributed by atoms with van der Waals surface area (Å²) in [6.07, 6.45) is 1.57. The molecule has 2 aromatic rings. The summed E-state index contributed by atoms with van der Waals surface area (Å²) in [6, 6.07) is 12.5. The van der Waals surface area contributed by atoms with Crippen LogP contribution in [0.15, 0.2) is 53.1 Å². The van der Waals surface area contributed by atoms with Crippen LogP contribution in [0.3, 0.4) is 0 Å². The summed E-state index contributed by atoms with van der Waals surface area (Å²) < 4.78 is 5.23. The van der Waals surface area contributed by atoms with E-state index in [4.69, 9.17) is 4.42 Å². The summed E-state index contributed by atoms with van der Waals surface area (Å²) in [5.41, 5.74) is -0.463. The van der Waals surface area contributed by atoms with Crippen LogP contribution in [0, 0.1) is 0 Å². The number of carbonyl (C=O) groups is 1. The number of rotatable bonds is 5. The molecule has 0 fully saturated rings. The highest BCUT2D eigenvalue weighted by atomic mass is 16.3. The Hall–Kier alpha value is -2.07. The molecule has 0 radical (unpaired) electrons. The van der Waals surface area contributed by atoms with Gasteiger partial charge in [0.25, 0.3) is 0 Å². The Kier molecular flexibility index (Phi) is 4.25. The minimum Gasteiger partial charge on any atom is -0.467 e. The maximum atomic E-state index is 12.0. The highest BCUT2D eigenvalue weighted by molar-refractivity contribution is 5.77. The molecule has 106 valence electrons. The Morgan fingerprint density at radius 3 is 2.60 bits per heavy atom. The molecule has 0 aliphatic heterocycles. The normalized spacial score (nSPS) is 15.3. The molecule has 4 heteroatoms. The largest absolute Gasteiger partial charge is 0.467 e. The summed E-state index contributed by atoms with van der Waals surface area (Å²) in [6.45, 7) is 3.48. The maximum absolute atomic E-state index is 12.0. The Morgan fingerprint density at radius 1 is 1.30 bits per heavy atom. The van der Waals surface area contributed by atoms with E-state index in [1.807, 2.05) is 37.3 Å². The third-order valence-electron chi connectivity index (χ3n) is 3.25. The molecule has 20 heavy (non-hydrogen) atoms. The van der Waals surface area contributed by atoms with E-state index in [1.54, 1.807) is 25.3 Å². The van der Waals surface area contributed by atoms with Gasteiger partial charge in [-0.25, -0.2) is 0 Å². The summed E-state index contributed by atoms with van der Waals surface area (Å²) in [7, 11) is 0. The molecule has 2 atom stereocenters. The minimum absolute atomic E-state index is 0.00205. The van der Waals surface area contributed by atoms with Crippen molar-refractivity contribution >= 4 is 5.91 Å². The first-order chi connectivity index (χ1) is 9.49. The maximum Gasteiger partial charge on any atom is 0.223 e. The lowest BCUT2D eigenvalue weighted by Gasteiger charge is -2.24. The van der Waals surface area contributed by atoms with E-state index in [-0.39, 0.29) is 18.4 Å². The number of hydrogen-bond donors (Lipinski definition) is 2. The molecule has 2 N–H and O–H groups in total. The number of amides is 1. The quantitative estimate of drug-likeness (QED) is 0.880. The molecule has 2 unspecified atom stereocenters. The van der Waals surface area contributed by atoms with Crippen molar-refractivity contribution < 1.29 is 14.3 Å². The summed E-state index contributed by atoms with van der Waals surface area (Å²) in [5, 5.41) is 13.2. The monoisotopic (exact) mass is 273 g/mol. The van der Waals surface area contributed by atoms with Crippen molar-refractivity contribution in [3.8, 4) is 0 Å². The fraction of sp³-hybridized carbons (Fsp3) is 0.312. The van der Waals surface area contributed by atoms with Gasteiger partial charge in [-0.3, -0.25) is 4.79 Å². The van der Waals surface area contributed by atoms with Crippen LogP contribution in [-0.4, -0.2) is 11.0 Å². The van der Waals surface area contributed by atoms with Crippen LogP contribution in [-0.2, 0) is 10.4 Å². The Morgan fingerprint density at radius 2 is 2.00 bits per heavy atom. The smallest absolute Gasteiger partial charge is 0.223 e. The molecule has 0 saturated heterocycles. The second-order valence-corrected chi connectivity index (χ2v) is 5.12. The van der Waals surface area contributed by atoms with Crippen LogP contribution in [0.4, 0.5) is 0 Å². The fourth-order valence-electron chi connectivity index (χ4n) is 2.11. The molecule has 1 amide bonds. The van der Waals surface area contributed by atoms with E-state index >= 15 is 0 Å². The predicted octanol–water partition coefficient (Wildman–Crippen LogP) is 2.75. The van der Waals surface area contributed by atoms with Crippen LogP contribution < -0.4 is 5.32 Å². The van der Waals surface area contributed by atoms with Crippen LogP contribution >= 0.6 is 0 Å². The van der Waals surface area contributed by atoms with Gasteiger partial charge in [0, 0.05) is 0 Å². The summed E-state index contributed by atoms with van der Waals surface area (Å²) in [5.74, 6) is 0.473. The van der Waals surface area contributed by atoms with Crippen LogP contribution in [0.2, 0.25) is 0 Å². The predicted molar refractivity (Wildman–Crippen MR) is 75.9 cm³/mol. The second-order valence-electron chi connectivity index (χ2n) is 5.12. The zero-order valence-corrected chi connectivity index (χ0v) is 11.7. The number of hydrogen-bond acceptors (Lipinski definition) is 3. The van der Waals surface area contributed by atoms with Crippen molar-refractivity contribution in [3.05, 3.63) is 60.1 Å². The third kappa shape index (κ3) is 3.48. The lowest BCUT2D eigenvalue weighted by Crippen LogP contribution is -2.34. The van der Waals surface area contributed by atoms with E-state index in [1.165, 1.54) is 0 Å². The zero-order chi connectivity index (χ0) is 14.6. The number of aliphatic hydroxyl groups is 1. The highest BCUT2D eigenvalue weighted by Crippen LogP contribution is 2.24. The van der Waals surface area contributed by atoms with Gasteiger partial charge < -0.3 is 14.8 Å². The number of benzene rings is 1. The van der Waals surface area contributed by atoms with E-state index in [0.29, 0.717) is 5.76 Å². The number of furan rings is 1. The first-order valence-corrected chi connectivity index (χ1v) is 6.60. The first kappa shape index (κ1) is 14.3. The molecule has 1 aromatic heterocycles. The van der Waals surface area contributed by atoms with Gasteiger partial charge in [-0.15, -0.1) is 0 Å². The van der Waals surface area contributed by atoms with Gasteiger partial charge >= 0.3 is 0 Å². The topological polar surface area (TPSA) is 62.5 Å². The molecular weight excluding hydrogens is 254 g/mol. The van der Waals surface area contributed by atoms with Crippen molar-refractivity contribution in [1.82, 2.24) is 5.32 Å². The van der Waals surface area contributed by atoms with E-state index in [2.05, 4.69) is 5.32 Å². The van der Waals surface area contributed by atoms with Crippen molar-refractivity contribution in [2.75, 3.05) is 0 Å². The molecule has 0 aliphatic rings. The Balaban J connectivity index is 1.97. The van der Waals surface area contributed by atoms with E-state index < -0.39 is 5.60 Å². The third-order valence-corrected chi connectivity index (χ3v) is 3.25. The number of carbonyl (C=O) groups excluding carboxylic acids is 1. The van der Waals surface area contributed by atoms with Crippen LogP contribution in [0.1, 0.15) is 37.6 Å². The van der Waals surface area contributed by atoms with Crippen molar-refractivity contribution in [1.29, 1.82) is 0 Å². The molecule has 1 aromatic carbocycles.